The van der Waals surface area contributed by atoms with Crippen LogP contribution in [0.25, 0.3) is 0 Å². The highest BCUT2D eigenvalue weighted by molar-refractivity contribution is 9.10. The van der Waals surface area contributed by atoms with Gasteiger partial charge in [-0.3, -0.25) is 9.48 Å². The van der Waals surface area contributed by atoms with Crippen LogP contribution in [0.5, 0.6) is 5.75 Å². The summed E-state index contributed by atoms with van der Waals surface area (Å²) in [6, 6.07) is 8.93. The number of hydrogen-bond donors (Lipinski definition) is 1. The Morgan fingerprint density at radius 3 is 2.68 bits per heavy atom. The molecule has 1 amide bonds. The van der Waals surface area contributed by atoms with Crippen LogP contribution in [0.3, 0.4) is 0 Å². The quantitative estimate of drug-likeness (QED) is 0.558. The third-order valence-electron chi connectivity index (χ3n) is 3.72. The van der Waals surface area contributed by atoms with Crippen molar-refractivity contribution in [1.29, 1.82) is 0 Å². The predicted octanol–water partition coefficient (Wildman–Crippen LogP) is 2.84. The summed E-state index contributed by atoms with van der Waals surface area (Å²) in [7, 11) is 1.61. The van der Waals surface area contributed by atoms with Crippen molar-refractivity contribution in [2.24, 2.45) is 7.05 Å². The molecule has 146 valence electrons. The number of aryl methyl sites for hydroxylation is 1. The first-order valence-electron chi connectivity index (χ1n) is 8.40. The monoisotopic (exact) mass is 447 g/mol. The Labute approximate surface area is 169 Å². The number of nitrogens with zero attached hydrogens (tertiary/aromatic N) is 4. The molecule has 3 aromatic rings. The van der Waals surface area contributed by atoms with E-state index in [0.29, 0.717) is 5.75 Å². The van der Waals surface area contributed by atoms with Crippen molar-refractivity contribution in [3.8, 4) is 5.75 Å². The Hall–Kier alpha value is -3.14. The van der Waals surface area contributed by atoms with Gasteiger partial charge in [-0.1, -0.05) is 15.9 Å². The van der Waals surface area contributed by atoms with Gasteiger partial charge in [0.1, 0.15) is 17.1 Å². The highest BCUT2D eigenvalue weighted by Crippen LogP contribution is 2.17. The molecule has 28 heavy (non-hydrogen) atoms. The minimum absolute atomic E-state index is 0.148. The van der Waals surface area contributed by atoms with E-state index in [1.54, 1.807) is 26.2 Å². The van der Waals surface area contributed by atoms with E-state index in [4.69, 9.17) is 9.47 Å². The number of nitrogens with one attached hydrogen (secondary N) is 1. The molecule has 10 heteroatoms. The highest BCUT2D eigenvalue weighted by Gasteiger charge is 2.20. The largest absolute Gasteiger partial charge is 0.471 e. The third-order valence-corrected chi connectivity index (χ3v) is 4.25. The van der Waals surface area contributed by atoms with Crippen LogP contribution in [-0.2, 0) is 18.5 Å². The van der Waals surface area contributed by atoms with Gasteiger partial charge < -0.3 is 14.8 Å². The van der Waals surface area contributed by atoms with Crippen molar-refractivity contribution in [2.45, 2.75) is 13.7 Å². The summed E-state index contributed by atoms with van der Waals surface area (Å²) in [6.07, 6.45) is 2.97. The number of carbonyl (C=O) groups excluding carboxylic acids is 2. The molecule has 1 N–H and O–H groups in total. The average Bonchev–Trinajstić information content (AvgIpc) is 3.29. The molecule has 0 unspecified atom stereocenters. The van der Waals surface area contributed by atoms with Gasteiger partial charge in [0.15, 0.2) is 12.4 Å². The Bertz CT molecular complexity index is 980. The van der Waals surface area contributed by atoms with Crippen molar-refractivity contribution < 1.29 is 19.1 Å². The Morgan fingerprint density at radius 1 is 1.21 bits per heavy atom. The highest BCUT2D eigenvalue weighted by atomic mass is 79.9. The van der Waals surface area contributed by atoms with Crippen LogP contribution in [0, 0.1) is 0 Å². The Morgan fingerprint density at radius 2 is 1.96 bits per heavy atom. The van der Waals surface area contributed by atoms with E-state index >= 15 is 0 Å². The number of halogens is 1. The summed E-state index contributed by atoms with van der Waals surface area (Å²) in [6.45, 7) is 2.08. The second-order valence-electron chi connectivity index (χ2n) is 5.67. The first-order chi connectivity index (χ1) is 13.5. The van der Waals surface area contributed by atoms with Crippen LogP contribution in [0.2, 0.25) is 0 Å². The second kappa shape index (κ2) is 8.70. The molecule has 0 radical (unpaired) electrons. The smallest absolute Gasteiger partial charge is 0.343 e. The zero-order valence-electron chi connectivity index (χ0n) is 15.3. The molecule has 0 fully saturated rings. The summed E-state index contributed by atoms with van der Waals surface area (Å²) in [5, 5.41) is 10.8. The third kappa shape index (κ3) is 4.58. The van der Waals surface area contributed by atoms with E-state index in [-0.39, 0.29) is 30.4 Å². The summed E-state index contributed by atoms with van der Waals surface area (Å²) in [5.41, 5.74) is 0.353. The molecule has 0 aliphatic carbocycles. The van der Waals surface area contributed by atoms with Gasteiger partial charge in [-0.2, -0.15) is 10.2 Å². The Balaban J connectivity index is 1.65. The van der Waals surface area contributed by atoms with Crippen molar-refractivity contribution in [1.82, 2.24) is 19.6 Å². The molecule has 1 aromatic carbocycles. The fraction of sp³-hybridized carbons (Fsp3) is 0.222. The number of benzene rings is 1. The van der Waals surface area contributed by atoms with Crippen LogP contribution in [0.4, 0.5) is 5.82 Å². The molecular weight excluding hydrogens is 430 g/mol. The Kier molecular flexibility index (Phi) is 6.09. The molecule has 0 aliphatic rings. The molecule has 9 nitrogen and oxygen atoms in total. The fourth-order valence-corrected chi connectivity index (χ4v) is 2.61. The fourth-order valence-electron chi connectivity index (χ4n) is 2.34. The number of carbonyl (C=O) groups is 2. The van der Waals surface area contributed by atoms with Gasteiger partial charge in [0.25, 0.3) is 5.91 Å². The van der Waals surface area contributed by atoms with Gasteiger partial charge in [-0.25, -0.2) is 9.48 Å². The number of ether oxygens (including phenoxy) is 2. The maximum absolute atomic E-state index is 12.5. The van der Waals surface area contributed by atoms with Crippen LogP contribution in [0.15, 0.2) is 47.2 Å². The van der Waals surface area contributed by atoms with Crippen molar-refractivity contribution in [3.05, 3.63) is 58.5 Å². The molecule has 0 saturated heterocycles. The van der Waals surface area contributed by atoms with E-state index in [1.165, 1.54) is 15.6 Å². The molecule has 2 heterocycles. The molecule has 0 atom stereocenters. The standard InChI is InChI=1S/C18H18BrN5O4/c1-3-27-18(26)14-10-20-23(2)16(14)21-17(25)15-8-9-24(22-15)11-28-13-6-4-12(19)5-7-13/h4-10H,3,11H2,1-2H3,(H,21,25). The van der Waals surface area contributed by atoms with Gasteiger partial charge >= 0.3 is 5.97 Å². The zero-order chi connectivity index (χ0) is 20.1. The molecule has 0 aliphatic heterocycles. The lowest BCUT2D eigenvalue weighted by molar-refractivity contribution is 0.0527. The molecule has 0 saturated carbocycles. The van der Waals surface area contributed by atoms with Crippen molar-refractivity contribution in [3.63, 3.8) is 0 Å². The number of hydrogen-bond acceptors (Lipinski definition) is 6. The molecule has 0 bridgehead atoms. The van der Waals surface area contributed by atoms with Crippen LogP contribution in [-0.4, -0.2) is 38.0 Å². The number of amides is 1. The van der Waals surface area contributed by atoms with E-state index < -0.39 is 11.9 Å². The second-order valence-corrected chi connectivity index (χ2v) is 6.59. The average molecular weight is 448 g/mol. The van der Waals surface area contributed by atoms with Crippen LogP contribution < -0.4 is 10.1 Å². The van der Waals surface area contributed by atoms with Gasteiger partial charge in [0.2, 0.25) is 0 Å². The topological polar surface area (TPSA) is 100 Å². The van der Waals surface area contributed by atoms with Crippen LogP contribution >= 0.6 is 15.9 Å². The first-order valence-corrected chi connectivity index (χ1v) is 9.19. The van der Waals surface area contributed by atoms with Gasteiger partial charge in [0.05, 0.1) is 12.8 Å². The number of rotatable bonds is 7. The molecular formula is C18H18BrN5O4. The molecule has 2 aromatic heterocycles. The van der Waals surface area contributed by atoms with E-state index in [2.05, 4.69) is 31.4 Å². The number of aromatic nitrogens is 4. The van der Waals surface area contributed by atoms with E-state index in [0.717, 1.165) is 4.47 Å². The van der Waals surface area contributed by atoms with E-state index in [1.807, 2.05) is 24.3 Å². The maximum atomic E-state index is 12.5. The van der Waals surface area contributed by atoms with Gasteiger partial charge in [-0.05, 0) is 37.3 Å². The predicted molar refractivity (Wildman–Crippen MR) is 104 cm³/mol. The lowest BCUT2D eigenvalue weighted by Gasteiger charge is -2.07. The maximum Gasteiger partial charge on any atom is 0.343 e. The zero-order valence-corrected chi connectivity index (χ0v) is 16.8. The van der Waals surface area contributed by atoms with Crippen molar-refractivity contribution >= 4 is 33.6 Å². The summed E-state index contributed by atoms with van der Waals surface area (Å²) in [5.74, 6) is -0.112. The molecule has 0 spiro atoms. The molecule has 3 rings (SSSR count). The van der Waals surface area contributed by atoms with Crippen LogP contribution in [0.1, 0.15) is 27.8 Å². The number of esters is 1. The van der Waals surface area contributed by atoms with Gasteiger partial charge in [-0.15, -0.1) is 0 Å². The first kappa shape index (κ1) is 19.6. The minimum atomic E-state index is -0.556. The van der Waals surface area contributed by atoms with Gasteiger partial charge in [0, 0.05) is 17.7 Å². The van der Waals surface area contributed by atoms with E-state index in [9.17, 15) is 9.59 Å². The number of anilines is 1. The lowest BCUT2D eigenvalue weighted by Crippen LogP contribution is -2.18. The minimum Gasteiger partial charge on any atom is -0.471 e. The summed E-state index contributed by atoms with van der Waals surface area (Å²) >= 11 is 3.36. The lowest BCUT2D eigenvalue weighted by atomic mass is 10.3. The summed E-state index contributed by atoms with van der Waals surface area (Å²) in [4.78, 5) is 24.5. The SMILES string of the molecule is CCOC(=O)c1cnn(C)c1NC(=O)c1ccn(COc2ccc(Br)cc2)n1. The normalized spacial score (nSPS) is 10.5. The van der Waals surface area contributed by atoms with Crippen molar-refractivity contribution in [2.75, 3.05) is 11.9 Å². The summed E-state index contributed by atoms with van der Waals surface area (Å²) < 4.78 is 14.4.